The van der Waals surface area contributed by atoms with Crippen LogP contribution < -0.4 is 14.8 Å². The van der Waals surface area contributed by atoms with Crippen molar-refractivity contribution in [2.24, 2.45) is 0 Å². The van der Waals surface area contributed by atoms with Crippen molar-refractivity contribution in [1.82, 2.24) is 15.1 Å². The molecule has 1 aliphatic carbocycles. The fourth-order valence-corrected chi connectivity index (χ4v) is 3.89. The van der Waals surface area contributed by atoms with Crippen LogP contribution in [0.25, 0.3) is 0 Å². The molecule has 0 unspecified atom stereocenters. The lowest BCUT2D eigenvalue weighted by Crippen LogP contribution is -2.47. The summed E-state index contributed by atoms with van der Waals surface area (Å²) in [5, 5.41) is 14.1. The molecule has 0 bridgehead atoms. The Morgan fingerprint density at radius 2 is 1.93 bits per heavy atom. The second-order valence-corrected chi connectivity index (χ2v) is 7.90. The minimum absolute atomic E-state index is 0.302. The van der Waals surface area contributed by atoms with Gasteiger partial charge in [-0.25, -0.2) is 0 Å². The number of aliphatic hydroxyl groups excluding tert-OH is 1. The van der Waals surface area contributed by atoms with E-state index >= 15 is 0 Å². The number of benzene rings is 1. The maximum Gasteiger partial charge on any atom is 0.127 e. The monoisotopic (exact) mass is 377 g/mol. The molecule has 1 atom stereocenters. The van der Waals surface area contributed by atoms with Crippen molar-refractivity contribution in [2.75, 3.05) is 53.5 Å². The lowest BCUT2D eigenvalue weighted by molar-refractivity contribution is 0.0501. The zero-order valence-corrected chi connectivity index (χ0v) is 16.8. The van der Waals surface area contributed by atoms with Crippen molar-refractivity contribution in [1.29, 1.82) is 0 Å². The second kappa shape index (κ2) is 10.3. The summed E-state index contributed by atoms with van der Waals surface area (Å²) in [6, 6.07) is 6.57. The molecule has 3 rings (SSSR count). The number of β-amino-alcohol motifs (C(OH)–C–C–N with tert-alkyl or cyclic N) is 1. The summed E-state index contributed by atoms with van der Waals surface area (Å²) in [5.74, 6) is 1.58. The average molecular weight is 378 g/mol. The van der Waals surface area contributed by atoms with E-state index in [1.54, 1.807) is 7.11 Å². The van der Waals surface area contributed by atoms with Gasteiger partial charge in [-0.15, -0.1) is 0 Å². The van der Waals surface area contributed by atoms with Crippen molar-refractivity contribution in [2.45, 2.75) is 44.4 Å². The average Bonchev–Trinajstić information content (AvgIpc) is 3.20. The molecule has 0 amide bonds. The van der Waals surface area contributed by atoms with Gasteiger partial charge in [0.05, 0.1) is 7.11 Å². The van der Waals surface area contributed by atoms with Crippen molar-refractivity contribution in [3.8, 4) is 11.5 Å². The Bertz CT molecular complexity index is 570. The molecule has 27 heavy (non-hydrogen) atoms. The second-order valence-electron chi connectivity index (χ2n) is 7.90. The summed E-state index contributed by atoms with van der Waals surface area (Å²) in [5.41, 5.74) is 1.12. The first-order chi connectivity index (χ1) is 13.1. The topological polar surface area (TPSA) is 57.2 Å². The van der Waals surface area contributed by atoms with Crippen LogP contribution in [0.15, 0.2) is 18.2 Å². The summed E-state index contributed by atoms with van der Waals surface area (Å²) in [4.78, 5) is 4.63. The first-order valence-electron chi connectivity index (χ1n) is 10.3. The minimum atomic E-state index is -0.491. The number of nitrogens with zero attached hydrogens (tertiary/aromatic N) is 2. The molecule has 152 valence electrons. The molecule has 0 spiro atoms. The smallest absolute Gasteiger partial charge is 0.127 e. The highest BCUT2D eigenvalue weighted by Crippen LogP contribution is 2.26. The van der Waals surface area contributed by atoms with Crippen molar-refractivity contribution >= 4 is 0 Å². The van der Waals surface area contributed by atoms with Crippen LogP contribution >= 0.6 is 0 Å². The maximum atomic E-state index is 10.4. The fraction of sp³-hybridized carbons (Fsp3) is 0.714. The molecule has 1 aliphatic heterocycles. The van der Waals surface area contributed by atoms with Crippen molar-refractivity contribution in [3.05, 3.63) is 23.8 Å². The summed E-state index contributed by atoms with van der Waals surface area (Å²) in [6.07, 6.45) is 4.67. The molecule has 6 nitrogen and oxygen atoms in total. The first kappa shape index (κ1) is 20.4. The molecule has 0 radical (unpaired) electrons. The van der Waals surface area contributed by atoms with E-state index in [-0.39, 0.29) is 0 Å². The summed E-state index contributed by atoms with van der Waals surface area (Å²) >= 11 is 0. The van der Waals surface area contributed by atoms with E-state index in [0.29, 0.717) is 19.2 Å². The molecule has 1 saturated heterocycles. The molecule has 2 N–H and O–H groups in total. The van der Waals surface area contributed by atoms with Crippen LogP contribution in [-0.2, 0) is 6.54 Å². The Hall–Kier alpha value is -1.34. The van der Waals surface area contributed by atoms with Gasteiger partial charge in [-0.05, 0) is 26.0 Å². The number of aliphatic hydroxyl groups is 1. The van der Waals surface area contributed by atoms with Crippen LogP contribution in [0.4, 0.5) is 0 Å². The number of methoxy groups -OCH3 is 1. The van der Waals surface area contributed by atoms with Gasteiger partial charge in [0, 0.05) is 56.9 Å². The largest absolute Gasteiger partial charge is 0.497 e. The predicted octanol–water partition coefficient (Wildman–Crippen LogP) is 1.71. The molecular formula is C21H35N3O3. The SMILES string of the molecule is COc1ccc(CNC2CCCC2)c(OC[C@@H](O)CN2CCN(C)CC2)c1. The van der Waals surface area contributed by atoms with Crippen LogP contribution in [0.5, 0.6) is 11.5 Å². The maximum absolute atomic E-state index is 10.4. The van der Waals surface area contributed by atoms with Gasteiger partial charge in [-0.1, -0.05) is 18.9 Å². The van der Waals surface area contributed by atoms with Gasteiger partial charge < -0.3 is 24.8 Å². The molecule has 1 aromatic rings. The molecule has 2 fully saturated rings. The van der Waals surface area contributed by atoms with E-state index in [9.17, 15) is 5.11 Å². The molecule has 0 aromatic heterocycles. The van der Waals surface area contributed by atoms with E-state index in [1.807, 2.05) is 12.1 Å². The van der Waals surface area contributed by atoms with Gasteiger partial charge in [0.1, 0.15) is 24.2 Å². The Labute approximate surface area is 163 Å². The lowest BCUT2D eigenvalue weighted by atomic mass is 10.1. The van der Waals surface area contributed by atoms with Gasteiger partial charge in [0.25, 0.3) is 0 Å². The van der Waals surface area contributed by atoms with E-state index in [4.69, 9.17) is 9.47 Å². The van der Waals surface area contributed by atoms with Crippen molar-refractivity contribution < 1.29 is 14.6 Å². The third-order valence-corrected chi connectivity index (χ3v) is 5.71. The molecule has 6 heteroatoms. The van der Waals surface area contributed by atoms with E-state index < -0.39 is 6.10 Å². The Morgan fingerprint density at radius 3 is 2.63 bits per heavy atom. The zero-order chi connectivity index (χ0) is 19.1. The van der Waals surface area contributed by atoms with Crippen LogP contribution in [0, 0.1) is 0 Å². The number of rotatable bonds is 9. The highest BCUT2D eigenvalue weighted by molar-refractivity contribution is 5.40. The number of piperazine rings is 1. The van der Waals surface area contributed by atoms with Crippen LogP contribution in [-0.4, -0.2) is 80.5 Å². The normalized spacial score (nSPS) is 20.7. The Kier molecular flexibility index (Phi) is 7.76. The predicted molar refractivity (Wildman–Crippen MR) is 108 cm³/mol. The number of nitrogens with one attached hydrogen (secondary N) is 1. The number of likely N-dealkylation sites (N-methyl/N-ethyl adjacent to an activating group) is 1. The Balaban J connectivity index is 1.52. The zero-order valence-electron chi connectivity index (χ0n) is 16.8. The molecule has 1 aromatic carbocycles. The Morgan fingerprint density at radius 1 is 1.19 bits per heavy atom. The summed E-state index contributed by atoms with van der Waals surface area (Å²) < 4.78 is 11.4. The summed E-state index contributed by atoms with van der Waals surface area (Å²) in [7, 11) is 3.80. The third kappa shape index (κ3) is 6.35. The van der Waals surface area contributed by atoms with Gasteiger partial charge in [-0.2, -0.15) is 0 Å². The summed E-state index contributed by atoms with van der Waals surface area (Å²) in [6.45, 7) is 5.87. The van der Waals surface area contributed by atoms with Gasteiger partial charge in [0.15, 0.2) is 0 Å². The van der Waals surface area contributed by atoms with Crippen molar-refractivity contribution in [3.63, 3.8) is 0 Å². The van der Waals surface area contributed by atoms with Crippen LogP contribution in [0.1, 0.15) is 31.2 Å². The molecule has 1 heterocycles. The quantitative estimate of drug-likeness (QED) is 0.683. The van der Waals surface area contributed by atoms with Gasteiger partial charge >= 0.3 is 0 Å². The highest BCUT2D eigenvalue weighted by Gasteiger charge is 2.19. The fourth-order valence-electron chi connectivity index (χ4n) is 3.89. The van der Waals surface area contributed by atoms with Crippen LogP contribution in [0.3, 0.4) is 0 Å². The number of hydrogen-bond donors (Lipinski definition) is 2. The molecular weight excluding hydrogens is 342 g/mol. The molecule has 2 aliphatic rings. The third-order valence-electron chi connectivity index (χ3n) is 5.71. The standard InChI is InChI=1S/C21H35N3O3/c1-23-9-11-24(12-10-23)15-19(25)16-27-21-13-20(26-2)8-7-17(21)14-22-18-5-3-4-6-18/h7-8,13,18-19,22,25H,3-6,9-12,14-16H2,1-2H3/t19-/m0/s1. The molecule has 1 saturated carbocycles. The number of hydrogen-bond acceptors (Lipinski definition) is 6. The van der Waals surface area contributed by atoms with E-state index in [0.717, 1.165) is 49.8 Å². The minimum Gasteiger partial charge on any atom is -0.497 e. The lowest BCUT2D eigenvalue weighted by Gasteiger charge is -2.33. The highest BCUT2D eigenvalue weighted by atomic mass is 16.5. The van der Waals surface area contributed by atoms with Gasteiger partial charge in [-0.3, -0.25) is 4.90 Å². The van der Waals surface area contributed by atoms with E-state index in [2.05, 4.69) is 28.2 Å². The van der Waals surface area contributed by atoms with Crippen LogP contribution in [0.2, 0.25) is 0 Å². The van der Waals surface area contributed by atoms with Gasteiger partial charge in [0.2, 0.25) is 0 Å². The number of ether oxygens (including phenoxy) is 2. The van der Waals surface area contributed by atoms with E-state index in [1.165, 1.54) is 25.7 Å². The first-order valence-corrected chi connectivity index (χ1v) is 10.3.